The van der Waals surface area contributed by atoms with E-state index in [1.54, 1.807) is 6.21 Å². The van der Waals surface area contributed by atoms with Crippen molar-refractivity contribution >= 4 is 12.2 Å². The molecule has 0 spiro atoms. The van der Waals surface area contributed by atoms with Crippen LogP contribution in [0.5, 0.6) is 0 Å². The number of urea groups is 1. The molecule has 0 fully saturated rings. The largest absolute Gasteiger partial charge is 0.350 e. The van der Waals surface area contributed by atoms with Crippen LogP contribution in [0.1, 0.15) is 0 Å². The summed E-state index contributed by atoms with van der Waals surface area (Å²) < 4.78 is 0. The molecule has 1 aliphatic rings. The topological polar surface area (TPSA) is 70.7 Å². The highest BCUT2D eigenvalue weighted by Crippen LogP contribution is 1.83. The zero-order valence-electron chi connectivity index (χ0n) is 4.16. The molecule has 0 saturated heterocycles. The first-order valence-electron chi connectivity index (χ1n) is 2.15. The minimum atomic E-state index is -0.512. The zero-order valence-corrected chi connectivity index (χ0v) is 4.16. The van der Waals surface area contributed by atoms with Crippen LogP contribution in [0.25, 0.3) is 0 Å². The molecular formula is C3H6N4O. The van der Waals surface area contributed by atoms with Crippen molar-refractivity contribution < 1.29 is 4.79 Å². The molecule has 8 heavy (non-hydrogen) atoms. The molecule has 44 valence electrons. The molecule has 0 aromatic heterocycles. The van der Waals surface area contributed by atoms with Gasteiger partial charge < -0.3 is 5.73 Å². The maximum atomic E-state index is 10.2. The van der Waals surface area contributed by atoms with Gasteiger partial charge in [0, 0.05) is 6.21 Å². The van der Waals surface area contributed by atoms with Gasteiger partial charge in [-0.3, -0.25) is 0 Å². The number of amides is 2. The number of hydrazine groups is 1. The number of carbonyl (C=O) groups excluding carboxylic acids is 1. The highest BCUT2D eigenvalue weighted by atomic mass is 16.2. The SMILES string of the molecule is NC(=O)N1CC=NN1. The Hall–Kier alpha value is -1.26. The van der Waals surface area contributed by atoms with E-state index in [0.29, 0.717) is 6.54 Å². The number of nitrogens with zero attached hydrogens (tertiary/aromatic N) is 2. The Labute approximate surface area is 46.1 Å². The zero-order chi connectivity index (χ0) is 5.98. The van der Waals surface area contributed by atoms with Gasteiger partial charge in [-0.15, -0.1) is 0 Å². The fraction of sp³-hybridized carbons (Fsp3) is 0.333. The Bertz CT molecular complexity index is 123. The lowest BCUT2D eigenvalue weighted by Gasteiger charge is -2.08. The Morgan fingerprint density at radius 3 is 3.00 bits per heavy atom. The lowest BCUT2D eigenvalue weighted by molar-refractivity contribution is 0.199. The number of rotatable bonds is 0. The second kappa shape index (κ2) is 1.69. The van der Waals surface area contributed by atoms with Gasteiger partial charge in [0.15, 0.2) is 0 Å². The Morgan fingerprint density at radius 2 is 2.75 bits per heavy atom. The molecule has 1 heterocycles. The van der Waals surface area contributed by atoms with Crippen LogP contribution in [0.15, 0.2) is 5.10 Å². The first kappa shape index (κ1) is 4.89. The molecule has 0 radical (unpaired) electrons. The van der Waals surface area contributed by atoms with E-state index in [2.05, 4.69) is 10.6 Å². The lowest BCUT2D eigenvalue weighted by atomic mass is 10.7. The highest BCUT2D eigenvalue weighted by molar-refractivity contribution is 5.76. The van der Waals surface area contributed by atoms with Crippen LogP contribution < -0.4 is 11.3 Å². The molecule has 0 aliphatic carbocycles. The summed E-state index contributed by atoms with van der Waals surface area (Å²) >= 11 is 0. The fourth-order valence-corrected chi connectivity index (χ4v) is 0.413. The van der Waals surface area contributed by atoms with Crippen LogP contribution >= 0.6 is 0 Å². The van der Waals surface area contributed by atoms with Gasteiger partial charge >= 0.3 is 6.03 Å². The molecule has 3 N–H and O–H groups in total. The van der Waals surface area contributed by atoms with Crippen molar-refractivity contribution in [3.8, 4) is 0 Å². The molecule has 1 aliphatic heterocycles. The molecule has 0 saturated carbocycles. The van der Waals surface area contributed by atoms with Gasteiger partial charge in [0.2, 0.25) is 0 Å². The smallest absolute Gasteiger partial charge is 0.335 e. The summed E-state index contributed by atoms with van der Waals surface area (Å²) in [4.78, 5) is 10.2. The van der Waals surface area contributed by atoms with E-state index in [0.717, 1.165) is 0 Å². The predicted octanol–water partition coefficient (Wildman–Crippen LogP) is -1.13. The Kier molecular flexibility index (Phi) is 1.03. The fourth-order valence-electron chi connectivity index (χ4n) is 0.413. The summed E-state index contributed by atoms with van der Waals surface area (Å²) in [5.41, 5.74) is 7.23. The van der Waals surface area contributed by atoms with Gasteiger partial charge in [0.25, 0.3) is 0 Å². The molecule has 1 rings (SSSR count). The van der Waals surface area contributed by atoms with E-state index in [1.807, 2.05) is 0 Å². The number of primary amides is 1. The van der Waals surface area contributed by atoms with Gasteiger partial charge in [-0.2, -0.15) is 5.10 Å². The van der Waals surface area contributed by atoms with E-state index in [9.17, 15) is 4.79 Å². The lowest BCUT2D eigenvalue weighted by Crippen LogP contribution is -2.40. The molecule has 0 bridgehead atoms. The van der Waals surface area contributed by atoms with Crippen molar-refractivity contribution in [2.24, 2.45) is 10.8 Å². The van der Waals surface area contributed by atoms with Crippen molar-refractivity contribution in [2.75, 3.05) is 6.54 Å². The van der Waals surface area contributed by atoms with E-state index in [4.69, 9.17) is 5.73 Å². The standard InChI is InChI=1S/C3H6N4O/c4-3(8)7-2-1-5-6-7/h1,6H,2H2,(H2,4,8). The molecule has 5 nitrogen and oxygen atoms in total. The average Bonchev–Trinajstić information content (AvgIpc) is 2.12. The Balaban J connectivity index is 2.41. The maximum absolute atomic E-state index is 10.2. The van der Waals surface area contributed by atoms with Crippen LogP contribution in [0.3, 0.4) is 0 Å². The number of hydrogen-bond acceptors (Lipinski definition) is 3. The van der Waals surface area contributed by atoms with Crippen LogP contribution in [0.4, 0.5) is 4.79 Å². The summed E-state index contributed by atoms with van der Waals surface area (Å²) in [7, 11) is 0. The summed E-state index contributed by atoms with van der Waals surface area (Å²) in [6.07, 6.45) is 1.56. The predicted molar refractivity (Wildman–Crippen MR) is 27.9 cm³/mol. The minimum absolute atomic E-state index is 0.454. The van der Waals surface area contributed by atoms with Crippen LogP contribution in [0, 0.1) is 0 Å². The van der Waals surface area contributed by atoms with Crippen molar-refractivity contribution in [1.82, 2.24) is 10.5 Å². The van der Waals surface area contributed by atoms with Crippen molar-refractivity contribution in [3.05, 3.63) is 0 Å². The summed E-state index contributed by atoms with van der Waals surface area (Å²) in [5, 5.41) is 4.73. The molecular weight excluding hydrogens is 108 g/mol. The number of hydrazone groups is 1. The average molecular weight is 114 g/mol. The first-order chi connectivity index (χ1) is 3.80. The molecule has 0 aromatic carbocycles. The van der Waals surface area contributed by atoms with Gasteiger partial charge in [0.05, 0.1) is 6.54 Å². The number of nitrogens with two attached hydrogens (primary N) is 1. The summed E-state index contributed by atoms with van der Waals surface area (Å²) in [6.45, 7) is 0.454. The number of nitrogens with one attached hydrogen (secondary N) is 1. The van der Waals surface area contributed by atoms with Crippen LogP contribution in [0.2, 0.25) is 0 Å². The third-order valence-electron chi connectivity index (χ3n) is 0.800. The number of hydrogen-bond donors (Lipinski definition) is 2. The second-order valence-electron chi connectivity index (χ2n) is 1.36. The van der Waals surface area contributed by atoms with Crippen molar-refractivity contribution in [2.45, 2.75) is 0 Å². The number of carbonyl (C=O) groups is 1. The quantitative estimate of drug-likeness (QED) is 0.418. The molecule has 5 heteroatoms. The minimum Gasteiger partial charge on any atom is -0.350 e. The second-order valence-corrected chi connectivity index (χ2v) is 1.36. The van der Waals surface area contributed by atoms with E-state index in [-0.39, 0.29) is 0 Å². The molecule has 0 aromatic rings. The monoisotopic (exact) mass is 114 g/mol. The highest BCUT2D eigenvalue weighted by Gasteiger charge is 2.08. The third-order valence-corrected chi connectivity index (χ3v) is 0.800. The molecule has 0 atom stereocenters. The Morgan fingerprint density at radius 1 is 2.00 bits per heavy atom. The molecule has 0 unspecified atom stereocenters. The molecule has 2 amide bonds. The van der Waals surface area contributed by atoms with Crippen molar-refractivity contribution in [3.63, 3.8) is 0 Å². The van der Waals surface area contributed by atoms with E-state index >= 15 is 0 Å². The van der Waals surface area contributed by atoms with Gasteiger partial charge in [0.1, 0.15) is 0 Å². The summed E-state index contributed by atoms with van der Waals surface area (Å²) in [6, 6.07) is -0.512. The normalized spacial score (nSPS) is 16.2. The van der Waals surface area contributed by atoms with Gasteiger partial charge in [-0.25, -0.2) is 15.3 Å². The maximum Gasteiger partial charge on any atom is 0.335 e. The third kappa shape index (κ3) is 0.699. The van der Waals surface area contributed by atoms with E-state index < -0.39 is 6.03 Å². The van der Waals surface area contributed by atoms with Gasteiger partial charge in [-0.1, -0.05) is 0 Å². The van der Waals surface area contributed by atoms with Gasteiger partial charge in [-0.05, 0) is 0 Å². The first-order valence-corrected chi connectivity index (χ1v) is 2.15. The van der Waals surface area contributed by atoms with Crippen molar-refractivity contribution in [1.29, 1.82) is 0 Å². The summed E-state index contributed by atoms with van der Waals surface area (Å²) in [5.74, 6) is 0. The van der Waals surface area contributed by atoms with Crippen LogP contribution in [-0.4, -0.2) is 23.8 Å². The van der Waals surface area contributed by atoms with Crippen LogP contribution in [-0.2, 0) is 0 Å². The van der Waals surface area contributed by atoms with E-state index in [1.165, 1.54) is 5.01 Å².